The molecule has 0 aromatic heterocycles. The van der Waals surface area contributed by atoms with Gasteiger partial charge in [0.2, 0.25) is 0 Å². The standard InChI is InChI=1S/C17H21ClN2OS.CH4S/c1-4-20(5-2)22-14-7-8-15(19)17(11-14)21-16-9-6-13(18)10-12(16)3;1-2/h6-11H,4-5,19H2,1-3H3;2H,1H3. The van der Waals surface area contributed by atoms with Crippen molar-refractivity contribution >= 4 is 41.9 Å². The first-order chi connectivity index (χ1) is 11.5. The highest BCUT2D eigenvalue weighted by Crippen LogP contribution is 2.34. The van der Waals surface area contributed by atoms with E-state index in [2.05, 4.69) is 30.8 Å². The molecule has 2 rings (SSSR count). The van der Waals surface area contributed by atoms with E-state index in [0.717, 1.165) is 29.3 Å². The van der Waals surface area contributed by atoms with E-state index < -0.39 is 0 Å². The second kappa shape index (κ2) is 10.8. The van der Waals surface area contributed by atoms with Gasteiger partial charge in [-0.25, -0.2) is 4.31 Å². The summed E-state index contributed by atoms with van der Waals surface area (Å²) < 4.78 is 8.24. The molecule has 0 saturated carbocycles. The van der Waals surface area contributed by atoms with Crippen LogP contribution >= 0.6 is 36.2 Å². The highest BCUT2D eigenvalue weighted by atomic mass is 35.5. The maximum atomic E-state index is 6.04. The second-order valence-electron chi connectivity index (χ2n) is 4.92. The molecular formula is C18H25ClN2OS2. The van der Waals surface area contributed by atoms with Crippen molar-refractivity contribution in [1.29, 1.82) is 0 Å². The third-order valence-electron chi connectivity index (χ3n) is 3.28. The second-order valence-corrected chi connectivity index (χ2v) is 6.52. The average molecular weight is 385 g/mol. The number of nitrogens with zero attached hydrogens (tertiary/aromatic N) is 1. The van der Waals surface area contributed by atoms with E-state index in [1.807, 2.05) is 43.3 Å². The fourth-order valence-electron chi connectivity index (χ4n) is 2.01. The molecule has 0 atom stereocenters. The number of rotatable bonds is 6. The van der Waals surface area contributed by atoms with Crippen LogP contribution in [0, 0.1) is 6.92 Å². The average Bonchev–Trinajstić information content (AvgIpc) is 2.59. The summed E-state index contributed by atoms with van der Waals surface area (Å²) in [6, 6.07) is 11.4. The van der Waals surface area contributed by atoms with Crippen molar-refractivity contribution in [2.24, 2.45) is 0 Å². The van der Waals surface area contributed by atoms with Gasteiger partial charge in [-0.2, -0.15) is 12.6 Å². The van der Waals surface area contributed by atoms with Crippen molar-refractivity contribution in [1.82, 2.24) is 4.31 Å². The van der Waals surface area contributed by atoms with Gasteiger partial charge in [-0.3, -0.25) is 0 Å². The number of aryl methyl sites for hydroxylation is 1. The Bertz CT molecular complexity index is 649. The number of ether oxygens (including phenoxy) is 1. The summed E-state index contributed by atoms with van der Waals surface area (Å²) in [5.74, 6) is 1.43. The molecule has 0 amide bonds. The molecule has 0 aliphatic rings. The number of benzene rings is 2. The molecule has 6 heteroatoms. The molecule has 132 valence electrons. The lowest BCUT2D eigenvalue weighted by Gasteiger charge is -2.18. The topological polar surface area (TPSA) is 38.5 Å². The molecule has 0 heterocycles. The predicted octanol–water partition coefficient (Wildman–Crippen LogP) is 5.92. The lowest BCUT2D eigenvalue weighted by Crippen LogP contribution is -2.13. The summed E-state index contributed by atoms with van der Waals surface area (Å²) in [6.07, 6.45) is 1.69. The molecule has 0 spiro atoms. The number of thiol groups is 1. The molecule has 0 aliphatic carbocycles. The number of hydrogen-bond donors (Lipinski definition) is 2. The maximum Gasteiger partial charge on any atom is 0.151 e. The van der Waals surface area contributed by atoms with Gasteiger partial charge in [0.1, 0.15) is 5.75 Å². The number of anilines is 1. The normalized spacial score (nSPS) is 10.3. The molecule has 0 radical (unpaired) electrons. The summed E-state index contributed by atoms with van der Waals surface area (Å²) in [7, 11) is 0. The maximum absolute atomic E-state index is 6.04. The minimum Gasteiger partial charge on any atom is -0.455 e. The van der Waals surface area contributed by atoms with E-state index in [0.29, 0.717) is 16.5 Å². The Morgan fingerprint density at radius 3 is 2.33 bits per heavy atom. The fraction of sp³-hybridized carbons (Fsp3) is 0.333. The zero-order valence-corrected chi connectivity index (χ0v) is 17.0. The first-order valence-corrected chi connectivity index (χ1v) is 9.79. The van der Waals surface area contributed by atoms with E-state index in [1.165, 1.54) is 0 Å². The fourth-order valence-corrected chi connectivity index (χ4v) is 3.08. The van der Waals surface area contributed by atoms with Crippen molar-refractivity contribution in [3.63, 3.8) is 0 Å². The van der Waals surface area contributed by atoms with Crippen molar-refractivity contribution in [2.75, 3.05) is 25.1 Å². The lowest BCUT2D eigenvalue weighted by molar-refractivity contribution is 0.479. The number of hydrogen-bond acceptors (Lipinski definition) is 5. The van der Waals surface area contributed by atoms with Crippen LogP contribution in [0.15, 0.2) is 41.3 Å². The largest absolute Gasteiger partial charge is 0.455 e. The van der Waals surface area contributed by atoms with Crippen LogP contribution in [0.4, 0.5) is 5.69 Å². The van der Waals surface area contributed by atoms with Crippen LogP contribution in [-0.4, -0.2) is 23.7 Å². The molecule has 0 saturated heterocycles. The Morgan fingerprint density at radius 1 is 1.08 bits per heavy atom. The van der Waals surface area contributed by atoms with Gasteiger partial charge >= 0.3 is 0 Å². The SMILES string of the molecule is CCN(CC)Sc1ccc(N)c(Oc2ccc(Cl)cc2C)c1.CS. The van der Waals surface area contributed by atoms with Crippen LogP contribution in [0.1, 0.15) is 19.4 Å². The van der Waals surface area contributed by atoms with Gasteiger partial charge in [0.05, 0.1) is 5.69 Å². The van der Waals surface area contributed by atoms with Crippen LogP contribution < -0.4 is 10.5 Å². The molecule has 0 fully saturated rings. The summed E-state index contributed by atoms with van der Waals surface area (Å²) in [5, 5.41) is 0.698. The van der Waals surface area contributed by atoms with Crippen molar-refractivity contribution < 1.29 is 4.74 Å². The van der Waals surface area contributed by atoms with E-state index in [4.69, 9.17) is 22.1 Å². The summed E-state index contributed by atoms with van der Waals surface area (Å²) in [6.45, 7) is 8.21. The minimum absolute atomic E-state index is 0.623. The van der Waals surface area contributed by atoms with E-state index in [9.17, 15) is 0 Å². The van der Waals surface area contributed by atoms with Crippen molar-refractivity contribution in [3.05, 3.63) is 47.0 Å². The van der Waals surface area contributed by atoms with Gasteiger partial charge in [-0.15, -0.1) is 0 Å². The van der Waals surface area contributed by atoms with Gasteiger partial charge in [-0.1, -0.05) is 25.4 Å². The highest BCUT2D eigenvalue weighted by Gasteiger charge is 2.09. The zero-order chi connectivity index (χ0) is 18.1. The molecule has 3 nitrogen and oxygen atoms in total. The molecule has 2 N–H and O–H groups in total. The lowest BCUT2D eigenvalue weighted by atomic mass is 10.2. The summed E-state index contributed by atoms with van der Waals surface area (Å²) in [5.41, 5.74) is 7.64. The Kier molecular flexibility index (Phi) is 9.44. The molecule has 2 aromatic rings. The Hall–Kier alpha value is -1.01. The predicted molar refractivity (Wildman–Crippen MR) is 111 cm³/mol. The number of nitrogens with two attached hydrogens (primary N) is 1. The Morgan fingerprint density at radius 2 is 1.75 bits per heavy atom. The Labute approximate surface area is 160 Å². The van der Waals surface area contributed by atoms with Crippen LogP contribution in [-0.2, 0) is 0 Å². The molecular weight excluding hydrogens is 360 g/mol. The van der Waals surface area contributed by atoms with Gasteiger partial charge in [0.15, 0.2) is 5.75 Å². The first-order valence-electron chi connectivity index (χ1n) is 7.74. The third kappa shape index (κ3) is 6.13. The Balaban J connectivity index is 0.00000139. The smallest absolute Gasteiger partial charge is 0.151 e. The molecule has 2 aromatic carbocycles. The van der Waals surface area contributed by atoms with E-state index >= 15 is 0 Å². The van der Waals surface area contributed by atoms with Gasteiger partial charge in [0.25, 0.3) is 0 Å². The van der Waals surface area contributed by atoms with Crippen molar-refractivity contribution in [2.45, 2.75) is 25.7 Å². The van der Waals surface area contributed by atoms with Crippen LogP contribution in [0.5, 0.6) is 11.5 Å². The zero-order valence-electron chi connectivity index (χ0n) is 14.5. The van der Waals surface area contributed by atoms with Crippen molar-refractivity contribution in [3.8, 4) is 11.5 Å². The van der Waals surface area contributed by atoms with Gasteiger partial charge < -0.3 is 10.5 Å². The monoisotopic (exact) mass is 384 g/mol. The van der Waals surface area contributed by atoms with E-state index in [1.54, 1.807) is 18.2 Å². The van der Waals surface area contributed by atoms with Crippen LogP contribution in [0.25, 0.3) is 0 Å². The summed E-state index contributed by atoms with van der Waals surface area (Å²) >= 11 is 11.2. The number of nitrogen functional groups attached to an aromatic ring is 1. The van der Waals surface area contributed by atoms with Crippen LogP contribution in [0.2, 0.25) is 5.02 Å². The molecule has 0 aliphatic heterocycles. The highest BCUT2D eigenvalue weighted by molar-refractivity contribution is 7.97. The van der Waals surface area contributed by atoms with Gasteiger partial charge in [0, 0.05) is 23.0 Å². The third-order valence-corrected chi connectivity index (χ3v) is 4.76. The molecule has 0 bridgehead atoms. The molecule has 0 unspecified atom stereocenters. The van der Waals surface area contributed by atoms with E-state index in [-0.39, 0.29) is 0 Å². The molecule has 24 heavy (non-hydrogen) atoms. The van der Waals surface area contributed by atoms with Crippen LogP contribution in [0.3, 0.4) is 0 Å². The quantitative estimate of drug-likeness (QED) is 0.368. The summed E-state index contributed by atoms with van der Waals surface area (Å²) in [4.78, 5) is 1.11. The minimum atomic E-state index is 0.623. The first kappa shape index (κ1) is 21.0. The number of halogens is 1. The van der Waals surface area contributed by atoms with Gasteiger partial charge in [-0.05, 0) is 67.1 Å².